The molecule has 0 spiro atoms. The van der Waals surface area contributed by atoms with Crippen molar-refractivity contribution in [3.05, 3.63) is 16.4 Å². The SMILES string of the molecule is CNC(COC)Cc1c(Cl)c(C)nn1C. The van der Waals surface area contributed by atoms with Crippen LogP contribution in [-0.2, 0) is 18.2 Å². The highest BCUT2D eigenvalue weighted by atomic mass is 35.5. The summed E-state index contributed by atoms with van der Waals surface area (Å²) < 4.78 is 6.95. The van der Waals surface area contributed by atoms with Gasteiger partial charge >= 0.3 is 0 Å². The molecule has 0 bridgehead atoms. The number of aryl methyl sites for hydroxylation is 2. The highest BCUT2D eigenvalue weighted by Crippen LogP contribution is 2.20. The summed E-state index contributed by atoms with van der Waals surface area (Å²) in [6.45, 7) is 2.58. The molecule has 0 fully saturated rings. The molecule has 1 heterocycles. The molecule has 1 N–H and O–H groups in total. The second-order valence-corrected chi connectivity index (χ2v) is 3.99. The average Bonchev–Trinajstić information content (AvgIpc) is 2.44. The molecule has 0 aliphatic heterocycles. The monoisotopic (exact) mass is 231 g/mol. The fourth-order valence-electron chi connectivity index (χ4n) is 1.58. The fraction of sp³-hybridized carbons (Fsp3) is 0.700. The Morgan fingerprint density at radius 3 is 2.67 bits per heavy atom. The molecule has 1 unspecified atom stereocenters. The summed E-state index contributed by atoms with van der Waals surface area (Å²) in [6, 6.07) is 0.266. The van der Waals surface area contributed by atoms with Crippen molar-refractivity contribution in [1.82, 2.24) is 15.1 Å². The van der Waals surface area contributed by atoms with Crippen LogP contribution in [0.5, 0.6) is 0 Å². The summed E-state index contributed by atoms with van der Waals surface area (Å²) in [7, 11) is 5.52. The van der Waals surface area contributed by atoms with Crippen molar-refractivity contribution in [2.45, 2.75) is 19.4 Å². The molecule has 1 aromatic rings. The average molecular weight is 232 g/mol. The first-order valence-electron chi connectivity index (χ1n) is 4.94. The molecule has 0 aromatic carbocycles. The van der Waals surface area contributed by atoms with E-state index in [0.717, 1.165) is 22.8 Å². The van der Waals surface area contributed by atoms with E-state index >= 15 is 0 Å². The van der Waals surface area contributed by atoms with Crippen LogP contribution in [-0.4, -0.2) is 36.6 Å². The summed E-state index contributed by atoms with van der Waals surface area (Å²) >= 11 is 6.16. The van der Waals surface area contributed by atoms with Crippen LogP contribution in [0.3, 0.4) is 0 Å². The number of likely N-dealkylation sites (N-methyl/N-ethyl adjacent to an activating group) is 1. The van der Waals surface area contributed by atoms with Crippen molar-refractivity contribution in [1.29, 1.82) is 0 Å². The molecule has 1 aromatic heterocycles. The minimum Gasteiger partial charge on any atom is -0.383 e. The summed E-state index contributed by atoms with van der Waals surface area (Å²) in [5, 5.41) is 8.22. The van der Waals surface area contributed by atoms with Crippen LogP contribution in [0.4, 0.5) is 0 Å². The number of nitrogens with one attached hydrogen (secondary N) is 1. The molecule has 0 amide bonds. The van der Waals surface area contributed by atoms with Gasteiger partial charge in [-0.1, -0.05) is 11.6 Å². The number of ether oxygens (including phenoxy) is 1. The molecule has 1 atom stereocenters. The van der Waals surface area contributed by atoms with Gasteiger partial charge < -0.3 is 10.1 Å². The predicted octanol–water partition coefficient (Wildman–Crippen LogP) is 1.16. The smallest absolute Gasteiger partial charge is 0.0847 e. The maximum absolute atomic E-state index is 6.16. The maximum Gasteiger partial charge on any atom is 0.0847 e. The number of methoxy groups -OCH3 is 1. The van der Waals surface area contributed by atoms with Gasteiger partial charge in [0, 0.05) is 26.6 Å². The van der Waals surface area contributed by atoms with E-state index in [1.165, 1.54) is 0 Å². The van der Waals surface area contributed by atoms with Crippen molar-refractivity contribution in [3.8, 4) is 0 Å². The minimum atomic E-state index is 0.266. The van der Waals surface area contributed by atoms with Gasteiger partial charge in [0.2, 0.25) is 0 Å². The Morgan fingerprint density at radius 1 is 1.60 bits per heavy atom. The third-order valence-electron chi connectivity index (χ3n) is 2.48. The zero-order valence-electron chi connectivity index (χ0n) is 9.67. The van der Waals surface area contributed by atoms with Crippen LogP contribution in [0, 0.1) is 6.92 Å². The Kier molecular flexibility index (Phi) is 4.57. The van der Waals surface area contributed by atoms with E-state index in [1.807, 2.05) is 25.7 Å². The molecule has 0 aliphatic carbocycles. The third-order valence-corrected chi connectivity index (χ3v) is 2.97. The van der Waals surface area contributed by atoms with Gasteiger partial charge in [-0.2, -0.15) is 5.10 Å². The summed E-state index contributed by atoms with van der Waals surface area (Å²) in [5.74, 6) is 0. The van der Waals surface area contributed by atoms with Crippen LogP contribution in [0.15, 0.2) is 0 Å². The zero-order valence-corrected chi connectivity index (χ0v) is 10.4. The fourth-order valence-corrected chi connectivity index (χ4v) is 1.82. The Balaban J connectivity index is 2.78. The van der Waals surface area contributed by atoms with Gasteiger partial charge in [0.1, 0.15) is 0 Å². The van der Waals surface area contributed by atoms with Gasteiger partial charge in [-0.15, -0.1) is 0 Å². The quantitative estimate of drug-likeness (QED) is 0.827. The van der Waals surface area contributed by atoms with Crippen LogP contribution in [0.1, 0.15) is 11.4 Å². The van der Waals surface area contributed by atoms with Gasteiger partial charge in [-0.3, -0.25) is 4.68 Å². The molecular formula is C10H18ClN3O. The number of nitrogens with zero attached hydrogens (tertiary/aromatic N) is 2. The summed E-state index contributed by atoms with van der Waals surface area (Å²) in [5.41, 5.74) is 1.92. The van der Waals surface area contributed by atoms with E-state index in [1.54, 1.807) is 7.11 Å². The topological polar surface area (TPSA) is 39.1 Å². The van der Waals surface area contributed by atoms with E-state index in [2.05, 4.69) is 10.4 Å². The van der Waals surface area contributed by atoms with Gasteiger partial charge in [-0.05, 0) is 14.0 Å². The molecule has 1 rings (SSSR count). The second-order valence-electron chi connectivity index (χ2n) is 3.61. The van der Waals surface area contributed by atoms with Crippen LogP contribution >= 0.6 is 11.6 Å². The second kappa shape index (κ2) is 5.49. The highest BCUT2D eigenvalue weighted by Gasteiger charge is 2.15. The lowest BCUT2D eigenvalue weighted by molar-refractivity contribution is 0.168. The van der Waals surface area contributed by atoms with E-state index in [-0.39, 0.29) is 6.04 Å². The van der Waals surface area contributed by atoms with Gasteiger partial charge in [-0.25, -0.2) is 0 Å². The van der Waals surface area contributed by atoms with Gasteiger partial charge in [0.05, 0.1) is 23.0 Å². The molecule has 0 aliphatic rings. The first kappa shape index (κ1) is 12.5. The Hall–Kier alpha value is -0.580. The van der Waals surface area contributed by atoms with Crippen LogP contribution < -0.4 is 5.32 Å². The normalized spacial score (nSPS) is 13.1. The van der Waals surface area contributed by atoms with Crippen LogP contribution in [0.25, 0.3) is 0 Å². The molecular weight excluding hydrogens is 214 g/mol. The first-order valence-corrected chi connectivity index (χ1v) is 5.32. The lowest BCUT2D eigenvalue weighted by Gasteiger charge is -2.15. The van der Waals surface area contributed by atoms with E-state index in [9.17, 15) is 0 Å². The molecule has 0 radical (unpaired) electrons. The highest BCUT2D eigenvalue weighted by molar-refractivity contribution is 6.31. The van der Waals surface area contributed by atoms with E-state index in [0.29, 0.717) is 6.61 Å². The zero-order chi connectivity index (χ0) is 11.4. The van der Waals surface area contributed by atoms with E-state index in [4.69, 9.17) is 16.3 Å². The van der Waals surface area contributed by atoms with Crippen molar-refractivity contribution in [2.24, 2.45) is 7.05 Å². The lowest BCUT2D eigenvalue weighted by Crippen LogP contribution is -2.32. The third kappa shape index (κ3) is 2.93. The van der Waals surface area contributed by atoms with Crippen LogP contribution in [0.2, 0.25) is 5.02 Å². The number of rotatable bonds is 5. The number of hydrogen-bond acceptors (Lipinski definition) is 3. The lowest BCUT2D eigenvalue weighted by atomic mass is 10.1. The Morgan fingerprint density at radius 2 is 2.27 bits per heavy atom. The molecule has 86 valence electrons. The number of halogens is 1. The summed E-state index contributed by atoms with van der Waals surface area (Å²) in [6.07, 6.45) is 0.820. The number of aromatic nitrogens is 2. The first-order chi connectivity index (χ1) is 7.10. The molecule has 0 saturated heterocycles. The molecule has 0 saturated carbocycles. The number of hydrogen-bond donors (Lipinski definition) is 1. The Labute approximate surface area is 95.6 Å². The van der Waals surface area contributed by atoms with Gasteiger partial charge in [0.15, 0.2) is 0 Å². The van der Waals surface area contributed by atoms with Crippen molar-refractivity contribution < 1.29 is 4.74 Å². The molecule has 5 heteroatoms. The maximum atomic E-state index is 6.16. The van der Waals surface area contributed by atoms with Crippen molar-refractivity contribution in [3.63, 3.8) is 0 Å². The predicted molar refractivity (Wildman–Crippen MR) is 61.4 cm³/mol. The Bertz CT molecular complexity index is 325. The molecule has 4 nitrogen and oxygen atoms in total. The minimum absolute atomic E-state index is 0.266. The largest absolute Gasteiger partial charge is 0.383 e. The van der Waals surface area contributed by atoms with Crippen molar-refractivity contribution >= 4 is 11.6 Å². The van der Waals surface area contributed by atoms with Gasteiger partial charge in [0.25, 0.3) is 0 Å². The van der Waals surface area contributed by atoms with Crippen molar-refractivity contribution in [2.75, 3.05) is 20.8 Å². The molecule has 15 heavy (non-hydrogen) atoms. The van der Waals surface area contributed by atoms with E-state index < -0.39 is 0 Å². The summed E-state index contributed by atoms with van der Waals surface area (Å²) in [4.78, 5) is 0. The standard InChI is InChI=1S/C10H18ClN3O/c1-7-10(11)9(14(3)13-7)5-8(12-2)6-15-4/h8,12H,5-6H2,1-4H3.